The van der Waals surface area contributed by atoms with Crippen molar-refractivity contribution in [3.63, 3.8) is 0 Å². The second kappa shape index (κ2) is 6.25. The van der Waals surface area contributed by atoms with Gasteiger partial charge in [-0.15, -0.1) is 0 Å². The van der Waals surface area contributed by atoms with Crippen LogP contribution in [0.3, 0.4) is 0 Å². The molecule has 0 unspecified atom stereocenters. The Kier molecular flexibility index (Phi) is 4.93. The minimum absolute atomic E-state index is 0.0883. The predicted octanol–water partition coefficient (Wildman–Crippen LogP) is -0.0938. The standard InChI is InChI=1S/C13H21N3O4S2/c1-15(2)9-11-7-8-16(10-11)22(19,20)13-5-3-12(4-6-13)21(14,17)18/h3-6,11H,7-10H2,1-2H3,(H2,14,17,18)/t11-/m0/s1. The van der Waals surface area contributed by atoms with Gasteiger partial charge in [-0.25, -0.2) is 22.0 Å². The summed E-state index contributed by atoms with van der Waals surface area (Å²) in [6.07, 6.45) is 0.826. The number of hydrogen-bond acceptors (Lipinski definition) is 5. The summed E-state index contributed by atoms with van der Waals surface area (Å²) in [5.74, 6) is 0.313. The number of sulfonamides is 2. The molecule has 1 aromatic carbocycles. The summed E-state index contributed by atoms with van der Waals surface area (Å²) in [5.41, 5.74) is 0. The molecule has 0 saturated carbocycles. The molecule has 0 radical (unpaired) electrons. The number of rotatable bonds is 5. The van der Waals surface area contributed by atoms with E-state index in [1.54, 1.807) is 0 Å². The molecule has 2 rings (SSSR count). The van der Waals surface area contributed by atoms with E-state index in [2.05, 4.69) is 0 Å². The highest BCUT2D eigenvalue weighted by atomic mass is 32.2. The van der Waals surface area contributed by atoms with E-state index >= 15 is 0 Å². The van der Waals surface area contributed by atoms with Gasteiger partial charge in [0.15, 0.2) is 0 Å². The maximum absolute atomic E-state index is 12.6. The SMILES string of the molecule is CN(C)C[C@@H]1CCN(S(=O)(=O)c2ccc(S(N)(=O)=O)cc2)C1. The summed E-state index contributed by atoms with van der Waals surface area (Å²) in [7, 11) is -3.49. The molecule has 0 amide bonds. The third-order valence-electron chi connectivity index (χ3n) is 3.66. The van der Waals surface area contributed by atoms with E-state index in [1.807, 2.05) is 19.0 Å². The van der Waals surface area contributed by atoms with Gasteiger partial charge >= 0.3 is 0 Å². The lowest BCUT2D eigenvalue weighted by Gasteiger charge is -2.18. The van der Waals surface area contributed by atoms with Crippen LogP contribution in [-0.4, -0.2) is 59.8 Å². The first kappa shape index (κ1) is 17.4. The summed E-state index contributed by atoms with van der Waals surface area (Å²) in [6.45, 7) is 1.81. The Hall–Kier alpha value is -1.00. The summed E-state index contributed by atoms with van der Waals surface area (Å²) in [6, 6.07) is 5.01. The van der Waals surface area contributed by atoms with Gasteiger partial charge in [0.05, 0.1) is 9.79 Å². The van der Waals surface area contributed by atoms with Crippen LogP contribution in [0.2, 0.25) is 0 Å². The largest absolute Gasteiger partial charge is 0.309 e. The average Bonchev–Trinajstić information content (AvgIpc) is 2.86. The zero-order valence-corrected chi connectivity index (χ0v) is 14.3. The van der Waals surface area contributed by atoms with Crippen LogP contribution in [-0.2, 0) is 20.0 Å². The smallest absolute Gasteiger partial charge is 0.243 e. The maximum Gasteiger partial charge on any atom is 0.243 e. The van der Waals surface area contributed by atoms with Gasteiger partial charge in [0.1, 0.15) is 0 Å². The first-order chi connectivity index (χ1) is 10.1. The Bertz CT molecular complexity index is 727. The zero-order chi connectivity index (χ0) is 16.5. The zero-order valence-electron chi connectivity index (χ0n) is 12.6. The van der Waals surface area contributed by atoms with Gasteiger partial charge in [0, 0.05) is 19.6 Å². The van der Waals surface area contributed by atoms with Crippen LogP contribution in [0.1, 0.15) is 6.42 Å². The lowest BCUT2D eigenvalue weighted by Crippen LogP contribution is -2.30. The molecule has 1 aromatic rings. The van der Waals surface area contributed by atoms with Crippen molar-refractivity contribution in [2.45, 2.75) is 16.2 Å². The Labute approximate surface area is 131 Å². The molecule has 0 aliphatic carbocycles. The second-order valence-electron chi connectivity index (χ2n) is 5.80. The molecule has 124 valence electrons. The minimum Gasteiger partial charge on any atom is -0.309 e. The molecule has 0 spiro atoms. The van der Waals surface area contributed by atoms with Crippen LogP contribution < -0.4 is 5.14 Å². The highest BCUT2D eigenvalue weighted by molar-refractivity contribution is 7.89. The molecule has 1 atom stereocenters. The van der Waals surface area contributed by atoms with Gasteiger partial charge in [-0.2, -0.15) is 4.31 Å². The molecule has 1 fully saturated rings. The van der Waals surface area contributed by atoms with Crippen molar-refractivity contribution in [3.05, 3.63) is 24.3 Å². The van der Waals surface area contributed by atoms with Crippen molar-refractivity contribution >= 4 is 20.0 Å². The van der Waals surface area contributed by atoms with Crippen molar-refractivity contribution in [1.82, 2.24) is 9.21 Å². The number of nitrogens with two attached hydrogens (primary N) is 1. The highest BCUT2D eigenvalue weighted by Crippen LogP contribution is 2.25. The van der Waals surface area contributed by atoms with E-state index in [-0.39, 0.29) is 9.79 Å². The van der Waals surface area contributed by atoms with E-state index in [9.17, 15) is 16.8 Å². The molecule has 1 heterocycles. The van der Waals surface area contributed by atoms with Gasteiger partial charge in [-0.05, 0) is 50.7 Å². The molecule has 22 heavy (non-hydrogen) atoms. The summed E-state index contributed by atoms with van der Waals surface area (Å²) < 4.78 is 49.0. The van der Waals surface area contributed by atoms with Gasteiger partial charge in [0.2, 0.25) is 20.0 Å². The van der Waals surface area contributed by atoms with Crippen LogP contribution in [0.25, 0.3) is 0 Å². The number of primary sulfonamides is 1. The lowest BCUT2D eigenvalue weighted by atomic mass is 10.1. The van der Waals surface area contributed by atoms with E-state index in [0.717, 1.165) is 13.0 Å². The summed E-state index contributed by atoms with van der Waals surface area (Å²) >= 11 is 0. The second-order valence-corrected chi connectivity index (χ2v) is 9.30. The molecular formula is C13H21N3O4S2. The van der Waals surface area contributed by atoms with E-state index < -0.39 is 20.0 Å². The quantitative estimate of drug-likeness (QED) is 0.802. The third-order valence-corrected chi connectivity index (χ3v) is 6.47. The van der Waals surface area contributed by atoms with Crippen LogP contribution in [0, 0.1) is 5.92 Å². The Balaban J connectivity index is 2.18. The molecule has 0 aromatic heterocycles. The first-order valence-electron chi connectivity index (χ1n) is 6.88. The fourth-order valence-electron chi connectivity index (χ4n) is 2.63. The van der Waals surface area contributed by atoms with E-state index in [1.165, 1.54) is 28.6 Å². The summed E-state index contributed by atoms with van der Waals surface area (Å²) in [5, 5.41) is 5.01. The topological polar surface area (TPSA) is 101 Å². The van der Waals surface area contributed by atoms with Crippen LogP contribution in [0.5, 0.6) is 0 Å². The van der Waals surface area contributed by atoms with Gasteiger partial charge in [-0.1, -0.05) is 0 Å². The average molecular weight is 347 g/mol. The molecular weight excluding hydrogens is 326 g/mol. The number of nitrogens with zero attached hydrogens (tertiary/aromatic N) is 2. The van der Waals surface area contributed by atoms with Crippen molar-refractivity contribution in [1.29, 1.82) is 0 Å². The van der Waals surface area contributed by atoms with Crippen molar-refractivity contribution < 1.29 is 16.8 Å². The lowest BCUT2D eigenvalue weighted by molar-refractivity contribution is 0.329. The predicted molar refractivity (Wildman–Crippen MR) is 83.2 cm³/mol. The van der Waals surface area contributed by atoms with Gasteiger partial charge in [-0.3, -0.25) is 0 Å². The van der Waals surface area contributed by atoms with E-state index in [0.29, 0.717) is 19.0 Å². The van der Waals surface area contributed by atoms with Gasteiger partial charge < -0.3 is 4.90 Å². The Morgan fingerprint density at radius 3 is 2.18 bits per heavy atom. The monoisotopic (exact) mass is 347 g/mol. The van der Waals surface area contributed by atoms with Crippen molar-refractivity contribution in [3.8, 4) is 0 Å². The maximum atomic E-state index is 12.6. The normalized spacial score (nSPS) is 20.6. The fourth-order valence-corrected chi connectivity index (χ4v) is 4.68. The van der Waals surface area contributed by atoms with Crippen molar-refractivity contribution in [2.24, 2.45) is 11.1 Å². The first-order valence-corrected chi connectivity index (χ1v) is 9.87. The number of hydrogen-bond donors (Lipinski definition) is 1. The van der Waals surface area contributed by atoms with Crippen LogP contribution in [0.4, 0.5) is 0 Å². The number of benzene rings is 1. The summed E-state index contributed by atoms with van der Waals surface area (Å²) in [4.78, 5) is 2.03. The Morgan fingerprint density at radius 2 is 1.68 bits per heavy atom. The molecule has 2 N–H and O–H groups in total. The van der Waals surface area contributed by atoms with E-state index in [4.69, 9.17) is 5.14 Å². The minimum atomic E-state index is -3.82. The molecule has 7 nitrogen and oxygen atoms in total. The molecule has 9 heteroatoms. The van der Waals surface area contributed by atoms with Crippen molar-refractivity contribution in [2.75, 3.05) is 33.7 Å². The van der Waals surface area contributed by atoms with Crippen LogP contribution in [0.15, 0.2) is 34.1 Å². The Morgan fingerprint density at radius 1 is 1.14 bits per heavy atom. The molecule has 0 bridgehead atoms. The fraction of sp³-hybridized carbons (Fsp3) is 0.538. The third kappa shape index (κ3) is 3.85. The molecule has 1 aliphatic rings. The molecule has 1 aliphatic heterocycles. The van der Waals surface area contributed by atoms with Crippen LogP contribution >= 0.6 is 0 Å². The highest BCUT2D eigenvalue weighted by Gasteiger charge is 2.32. The van der Waals surface area contributed by atoms with Gasteiger partial charge in [0.25, 0.3) is 0 Å². The molecule has 1 saturated heterocycles.